The molecule has 0 aliphatic carbocycles. The Morgan fingerprint density at radius 1 is 1.20 bits per heavy atom. The Bertz CT molecular complexity index is 1560. The van der Waals surface area contributed by atoms with Crippen molar-refractivity contribution in [2.24, 2.45) is 0 Å². The number of esters is 1. The fourth-order valence-electron chi connectivity index (χ4n) is 3.55. The number of benzene rings is 2. The molecule has 1 amide bonds. The lowest BCUT2D eigenvalue weighted by molar-refractivity contribution is -0.385. The Morgan fingerprint density at radius 3 is 2.66 bits per heavy atom. The first kappa shape index (κ1) is 23.8. The normalized spacial score (nSPS) is 10.8. The van der Waals surface area contributed by atoms with E-state index >= 15 is 0 Å². The van der Waals surface area contributed by atoms with Crippen LogP contribution in [0.3, 0.4) is 0 Å². The second-order valence-corrected chi connectivity index (χ2v) is 8.57. The Balaban J connectivity index is 1.86. The van der Waals surface area contributed by atoms with Gasteiger partial charge in [0.1, 0.15) is 5.00 Å². The number of nitro groups is 1. The lowest BCUT2D eigenvalue weighted by Crippen LogP contribution is -2.25. The van der Waals surface area contributed by atoms with Crippen LogP contribution in [0.5, 0.6) is 0 Å². The van der Waals surface area contributed by atoms with Gasteiger partial charge in [-0.1, -0.05) is 18.2 Å². The van der Waals surface area contributed by atoms with Gasteiger partial charge < -0.3 is 10.1 Å². The van der Waals surface area contributed by atoms with E-state index in [4.69, 9.17) is 4.74 Å². The number of nitro benzene ring substituents is 1. The van der Waals surface area contributed by atoms with Crippen LogP contribution in [-0.4, -0.2) is 33.2 Å². The SMILES string of the molecule is CCOC(=O)c1nn(-c2cccc(C)c2)c(=O)c2c(NC(=O)c3ccc(C)c([N+](=O)[O-])c3)scc12. The third-order valence-corrected chi connectivity index (χ3v) is 6.16. The van der Waals surface area contributed by atoms with Crippen molar-refractivity contribution < 1.29 is 19.2 Å². The average Bonchev–Trinajstić information content (AvgIpc) is 3.23. The van der Waals surface area contributed by atoms with Gasteiger partial charge in [-0.25, -0.2) is 4.79 Å². The van der Waals surface area contributed by atoms with Crippen molar-refractivity contribution in [2.75, 3.05) is 11.9 Å². The number of anilines is 1. The van der Waals surface area contributed by atoms with Crippen LogP contribution in [0.4, 0.5) is 10.7 Å². The molecule has 0 radical (unpaired) electrons. The number of carbonyl (C=O) groups excluding carboxylic acids is 2. The van der Waals surface area contributed by atoms with E-state index in [0.29, 0.717) is 11.3 Å². The predicted octanol–water partition coefficient (Wildman–Crippen LogP) is 4.40. The molecule has 2 aromatic carbocycles. The number of ether oxygens (including phenoxy) is 1. The monoisotopic (exact) mass is 492 g/mol. The number of rotatable bonds is 6. The van der Waals surface area contributed by atoms with E-state index in [-0.39, 0.29) is 39.3 Å². The summed E-state index contributed by atoms with van der Waals surface area (Å²) in [7, 11) is 0. The highest BCUT2D eigenvalue weighted by Gasteiger charge is 2.24. The molecule has 0 unspecified atom stereocenters. The number of nitrogens with zero attached hydrogens (tertiary/aromatic N) is 3. The van der Waals surface area contributed by atoms with E-state index in [9.17, 15) is 24.5 Å². The summed E-state index contributed by atoms with van der Waals surface area (Å²) in [6, 6.07) is 11.2. The molecule has 0 aliphatic rings. The smallest absolute Gasteiger partial charge is 0.359 e. The summed E-state index contributed by atoms with van der Waals surface area (Å²) in [5.41, 5.74) is 1.01. The van der Waals surface area contributed by atoms with E-state index in [1.165, 1.54) is 18.2 Å². The first-order valence-electron chi connectivity index (χ1n) is 10.6. The third kappa shape index (κ3) is 4.53. The second kappa shape index (κ2) is 9.47. The predicted molar refractivity (Wildman–Crippen MR) is 132 cm³/mol. The van der Waals surface area contributed by atoms with E-state index in [2.05, 4.69) is 10.4 Å². The fourth-order valence-corrected chi connectivity index (χ4v) is 4.48. The first-order valence-corrected chi connectivity index (χ1v) is 11.4. The molecule has 4 aromatic rings. The van der Waals surface area contributed by atoms with Crippen molar-refractivity contribution in [2.45, 2.75) is 20.8 Å². The maximum absolute atomic E-state index is 13.5. The Morgan fingerprint density at radius 2 is 1.97 bits per heavy atom. The molecule has 11 heteroatoms. The van der Waals surface area contributed by atoms with Gasteiger partial charge in [-0.2, -0.15) is 9.78 Å². The molecule has 0 fully saturated rings. The van der Waals surface area contributed by atoms with Gasteiger partial charge in [0, 0.05) is 28.0 Å². The van der Waals surface area contributed by atoms with Crippen molar-refractivity contribution in [3.63, 3.8) is 0 Å². The number of hydrogen-bond donors (Lipinski definition) is 1. The summed E-state index contributed by atoms with van der Waals surface area (Å²) >= 11 is 1.04. The lowest BCUT2D eigenvalue weighted by atomic mass is 10.1. The number of nitrogens with one attached hydrogen (secondary N) is 1. The zero-order valence-corrected chi connectivity index (χ0v) is 19.8. The summed E-state index contributed by atoms with van der Waals surface area (Å²) < 4.78 is 6.23. The topological polar surface area (TPSA) is 133 Å². The summed E-state index contributed by atoms with van der Waals surface area (Å²) in [5.74, 6) is -1.34. The zero-order chi connectivity index (χ0) is 25.3. The van der Waals surface area contributed by atoms with Gasteiger partial charge in [0.25, 0.3) is 17.2 Å². The van der Waals surface area contributed by atoms with Crippen LogP contribution < -0.4 is 10.9 Å². The highest BCUT2D eigenvalue weighted by atomic mass is 32.1. The molecule has 0 spiro atoms. The third-order valence-electron chi connectivity index (χ3n) is 5.26. The number of aryl methyl sites for hydroxylation is 2. The van der Waals surface area contributed by atoms with E-state index in [1.807, 2.05) is 13.0 Å². The van der Waals surface area contributed by atoms with Crippen molar-refractivity contribution in [1.29, 1.82) is 0 Å². The molecule has 0 saturated heterocycles. The minimum Gasteiger partial charge on any atom is -0.461 e. The van der Waals surface area contributed by atoms with Gasteiger partial charge in [0.15, 0.2) is 5.69 Å². The van der Waals surface area contributed by atoms with Crippen molar-refractivity contribution in [1.82, 2.24) is 9.78 Å². The minimum absolute atomic E-state index is 0.0579. The van der Waals surface area contributed by atoms with Crippen molar-refractivity contribution in [3.05, 3.63) is 90.7 Å². The van der Waals surface area contributed by atoms with Crippen LogP contribution in [0.1, 0.15) is 38.9 Å². The Kier molecular flexibility index (Phi) is 6.43. The highest BCUT2D eigenvalue weighted by Crippen LogP contribution is 2.31. The molecule has 0 atom stereocenters. The van der Waals surface area contributed by atoms with Gasteiger partial charge >= 0.3 is 5.97 Å². The largest absolute Gasteiger partial charge is 0.461 e. The summed E-state index contributed by atoms with van der Waals surface area (Å²) in [5, 5.41) is 20.3. The number of hydrogen-bond acceptors (Lipinski definition) is 8. The summed E-state index contributed by atoms with van der Waals surface area (Å²) in [4.78, 5) is 49.8. The number of thiophene rings is 1. The Labute approximate surface area is 202 Å². The van der Waals surface area contributed by atoms with Crippen molar-refractivity contribution >= 4 is 44.7 Å². The number of amides is 1. The molecule has 2 aromatic heterocycles. The minimum atomic E-state index is -0.705. The fraction of sp³-hybridized carbons (Fsp3) is 0.167. The van der Waals surface area contributed by atoms with Gasteiger partial charge in [0.2, 0.25) is 0 Å². The molecule has 0 saturated carbocycles. The standard InChI is InChI=1S/C24H20N4O6S/c1-4-34-24(31)20-17-12-35-22(25-21(29)15-9-8-14(3)18(11-15)28(32)33)19(17)23(30)27(26-20)16-7-5-6-13(2)10-16/h5-12H,4H2,1-3H3,(H,25,29). The second-order valence-electron chi connectivity index (χ2n) is 7.69. The van der Waals surface area contributed by atoms with Crippen molar-refractivity contribution in [3.8, 4) is 5.69 Å². The van der Waals surface area contributed by atoms with Crippen LogP contribution in [0, 0.1) is 24.0 Å². The molecule has 1 N–H and O–H groups in total. The quantitative estimate of drug-likeness (QED) is 0.239. The maximum Gasteiger partial charge on any atom is 0.359 e. The van der Waals surface area contributed by atoms with E-state index < -0.39 is 22.4 Å². The summed E-state index contributed by atoms with van der Waals surface area (Å²) in [6.07, 6.45) is 0. The van der Waals surface area contributed by atoms with Gasteiger partial charge in [-0.05, 0) is 44.5 Å². The first-order chi connectivity index (χ1) is 16.7. The molecular formula is C24H20N4O6S. The summed E-state index contributed by atoms with van der Waals surface area (Å²) in [6.45, 7) is 5.21. The molecule has 178 valence electrons. The number of carbonyl (C=O) groups is 2. The van der Waals surface area contributed by atoms with Gasteiger partial charge in [-0.15, -0.1) is 11.3 Å². The zero-order valence-electron chi connectivity index (χ0n) is 19.0. The highest BCUT2D eigenvalue weighted by molar-refractivity contribution is 7.16. The van der Waals surface area contributed by atoms with Gasteiger partial charge in [-0.3, -0.25) is 19.7 Å². The van der Waals surface area contributed by atoms with Crippen LogP contribution in [0.2, 0.25) is 0 Å². The molecule has 4 rings (SSSR count). The molecule has 35 heavy (non-hydrogen) atoms. The number of aromatic nitrogens is 2. The van der Waals surface area contributed by atoms with E-state index in [0.717, 1.165) is 21.6 Å². The van der Waals surface area contributed by atoms with Gasteiger partial charge in [0.05, 0.1) is 22.6 Å². The van der Waals surface area contributed by atoms with E-state index in [1.54, 1.807) is 37.4 Å². The van der Waals surface area contributed by atoms with Crippen LogP contribution in [0.25, 0.3) is 16.5 Å². The Hall–Kier alpha value is -4.38. The van der Waals surface area contributed by atoms with Crippen LogP contribution in [0.15, 0.2) is 52.6 Å². The average molecular weight is 493 g/mol. The molecule has 2 heterocycles. The lowest BCUT2D eigenvalue weighted by Gasteiger charge is -2.10. The molecular weight excluding hydrogens is 472 g/mol. The molecule has 0 bridgehead atoms. The molecule has 0 aliphatic heterocycles. The molecule has 10 nitrogen and oxygen atoms in total. The van der Waals surface area contributed by atoms with Crippen LogP contribution in [-0.2, 0) is 4.74 Å². The number of fused-ring (bicyclic) bond motifs is 1. The van der Waals surface area contributed by atoms with Crippen LogP contribution >= 0.6 is 11.3 Å². The maximum atomic E-state index is 13.5.